The van der Waals surface area contributed by atoms with E-state index in [2.05, 4.69) is 5.92 Å². The minimum absolute atomic E-state index is 0.0168. The van der Waals surface area contributed by atoms with Crippen molar-refractivity contribution < 1.29 is 9.90 Å². The van der Waals surface area contributed by atoms with Gasteiger partial charge in [-0.25, -0.2) is 0 Å². The first-order chi connectivity index (χ1) is 8.13. The van der Waals surface area contributed by atoms with Gasteiger partial charge in [-0.3, -0.25) is 9.69 Å². The predicted molar refractivity (Wildman–Crippen MR) is 69.0 cm³/mol. The van der Waals surface area contributed by atoms with Gasteiger partial charge in [0.05, 0.1) is 24.1 Å². The zero-order valence-corrected chi connectivity index (χ0v) is 10.3. The minimum Gasteiger partial charge on any atom is -0.389 e. The largest absolute Gasteiger partial charge is 0.389 e. The van der Waals surface area contributed by atoms with E-state index in [9.17, 15) is 9.90 Å². The van der Waals surface area contributed by atoms with Gasteiger partial charge in [0, 0.05) is 4.90 Å². The molecule has 0 spiro atoms. The number of aliphatic hydroxyl groups excluding tert-OH is 1. The number of fused-ring (bicyclic) bond motifs is 1. The van der Waals surface area contributed by atoms with E-state index >= 15 is 0 Å². The molecule has 0 fully saturated rings. The van der Waals surface area contributed by atoms with Crippen LogP contribution in [0.2, 0.25) is 0 Å². The van der Waals surface area contributed by atoms with Gasteiger partial charge >= 0.3 is 0 Å². The highest BCUT2D eigenvalue weighted by atomic mass is 32.2. The molecule has 3 nitrogen and oxygen atoms in total. The molecular formula is C13H13NO2S. The summed E-state index contributed by atoms with van der Waals surface area (Å²) in [6.07, 6.45) is 4.73. The van der Waals surface area contributed by atoms with Crippen molar-refractivity contribution in [2.45, 2.75) is 17.9 Å². The molecule has 2 rings (SSSR count). The SMILES string of the molecule is C#CCN1C(=O)CSc2ccc(C(C)O)cc21. The van der Waals surface area contributed by atoms with Crippen LogP contribution in [0.1, 0.15) is 18.6 Å². The molecule has 1 heterocycles. The smallest absolute Gasteiger partial charge is 0.238 e. The van der Waals surface area contributed by atoms with E-state index in [4.69, 9.17) is 6.42 Å². The summed E-state index contributed by atoms with van der Waals surface area (Å²) in [7, 11) is 0. The highest BCUT2D eigenvalue weighted by Crippen LogP contribution is 2.36. The van der Waals surface area contributed by atoms with Gasteiger partial charge in [0.25, 0.3) is 0 Å². The first-order valence-corrected chi connectivity index (χ1v) is 6.30. The van der Waals surface area contributed by atoms with Crippen LogP contribution in [0.15, 0.2) is 23.1 Å². The molecule has 1 atom stereocenters. The molecule has 1 aromatic rings. The second-order valence-corrected chi connectivity index (χ2v) is 4.89. The Labute approximate surface area is 105 Å². The molecule has 0 bridgehead atoms. The van der Waals surface area contributed by atoms with Crippen LogP contribution < -0.4 is 4.90 Å². The maximum absolute atomic E-state index is 11.8. The third-order valence-corrected chi connectivity index (χ3v) is 3.71. The van der Waals surface area contributed by atoms with Gasteiger partial charge in [0.2, 0.25) is 5.91 Å². The van der Waals surface area contributed by atoms with Crippen molar-refractivity contribution in [3.05, 3.63) is 23.8 Å². The number of anilines is 1. The summed E-state index contributed by atoms with van der Waals surface area (Å²) in [5.74, 6) is 2.93. The van der Waals surface area contributed by atoms with Crippen molar-refractivity contribution in [3.8, 4) is 12.3 Å². The lowest BCUT2D eigenvalue weighted by molar-refractivity contribution is -0.116. The maximum atomic E-state index is 11.8. The first kappa shape index (κ1) is 12.0. The van der Waals surface area contributed by atoms with Crippen LogP contribution in [-0.2, 0) is 4.79 Å². The number of terminal acetylenes is 1. The number of aliphatic hydroxyl groups is 1. The second kappa shape index (κ2) is 4.82. The Bertz CT molecular complexity index is 491. The third kappa shape index (κ3) is 2.31. The Hall–Kier alpha value is -1.44. The lowest BCUT2D eigenvalue weighted by Crippen LogP contribution is -2.35. The standard InChI is InChI=1S/C13H13NO2S/c1-3-6-14-11-7-10(9(2)15)4-5-12(11)17-8-13(14)16/h1,4-5,7,9,15H,6,8H2,2H3. The van der Waals surface area contributed by atoms with E-state index in [0.29, 0.717) is 5.75 Å². The number of hydrogen-bond acceptors (Lipinski definition) is 3. The third-order valence-electron chi connectivity index (χ3n) is 2.66. The molecule has 1 N–H and O–H groups in total. The molecule has 0 aliphatic carbocycles. The molecule has 1 amide bonds. The van der Waals surface area contributed by atoms with E-state index in [1.807, 2.05) is 18.2 Å². The van der Waals surface area contributed by atoms with Gasteiger partial charge in [0.1, 0.15) is 0 Å². The van der Waals surface area contributed by atoms with E-state index in [0.717, 1.165) is 16.1 Å². The summed E-state index contributed by atoms with van der Waals surface area (Å²) in [6.45, 7) is 1.97. The van der Waals surface area contributed by atoms with Gasteiger partial charge in [-0.2, -0.15) is 0 Å². The first-order valence-electron chi connectivity index (χ1n) is 5.32. The number of thioether (sulfide) groups is 1. The molecular weight excluding hydrogens is 234 g/mol. The van der Waals surface area contributed by atoms with E-state index in [1.165, 1.54) is 11.8 Å². The summed E-state index contributed by atoms with van der Waals surface area (Å²) in [5.41, 5.74) is 1.60. The molecule has 88 valence electrons. The second-order valence-electron chi connectivity index (χ2n) is 3.88. The lowest BCUT2D eigenvalue weighted by Gasteiger charge is -2.28. The quantitative estimate of drug-likeness (QED) is 0.810. The Morgan fingerprint density at radius 3 is 3.06 bits per heavy atom. The Morgan fingerprint density at radius 2 is 2.41 bits per heavy atom. The monoisotopic (exact) mass is 247 g/mol. The van der Waals surface area contributed by atoms with Crippen LogP contribution in [0.3, 0.4) is 0 Å². The molecule has 17 heavy (non-hydrogen) atoms. The highest BCUT2D eigenvalue weighted by Gasteiger charge is 2.24. The fourth-order valence-corrected chi connectivity index (χ4v) is 2.66. The zero-order chi connectivity index (χ0) is 12.4. The number of carbonyl (C=O) groups is 1. The average Bonchev–Trinajstić information content (AvgIpc) is 2.32. The Morgan fingerprint density at radius 1 is 1.65 bits per heavy atom. The van der Waals surface area contributed by atoms with Crippen molar-refractivity contribution in [3.63, 3.8) is 0 Å². The van der Waals surface area contributed by atoms with Gasteiger partial charge in [-0.15, -0.1) is 18.2 Å². The molecule has 1 aliphatic heterocycles. The fourth-order valence-electron chi connectivity index (χ4n) is 1.74. The Kier molecular flexibility index (Phi) is 3.41. The Balaban J connectivity index is 2.45. The number of amides is 1. The average molecular weight is 247 g/mol. The van der Waals surface area contributed by atoms with Crippen LogP contribution in [0.5, 0.6) is 0 Å². The van der Waals surface area contributed by atoms with Crippen molar-refractivity contribution in [2.75, 3.05) is 17.2 Å². The molecule has 4 heteroatoms. The molecule has 1 unspecified atom stereocenters. The van der Waals surface area contributed by atoms with E-state index < -0.39 is 6.10 Å². The summed E-state index contributed by atoms with van der Waals surface area (Å²) < 4.78 is 0. The summed E-state index contributed by atoms with van der Waals surface area (Å²) in [4.78, 5) is 14.4. The molecule has 0 saturated heterocycles. The van der Waals surface area contributed by atoms with Crippen LogP contribution in [0.4, 0.5) is 5.69 Å². The van der Waals surface area contributed by atoms with Crippen LogP contribution in [0, 0.1) is 12.3 Å². The maximum Gasteiger partial charge on any atom is 0.238 e. The molecule has 1 aliphatic rings. The van der Waals surface area contributed by atoms with Gasteiger partial charge in [0.15, 0.2) is 0 Å². The van der Waals surface area contributed by atoms with Crippen molar-refractivity contribution >= 4 is 23.4 Å². The summed E-state index contributed by atoms with van der Waals surface area (Å²) >= 11 is 1.51. The number of rotatable bonds is 2. The van der Waals surface area contributed by atoms with Gasteiger partial charge in [-0.1, -0.05) is 12.0 Å². The molecule has 1 aromatic carbocycles. The van der Waals surface area contributed by atoms with Crippen LogP contribution in [0.25, 0.3) is 0 Å². The topological polar surface area (TPSA) is 40.5 Å². The summed E-state index contributed by atoms with van der Waals surface area (Å²) in [6, 6.07) is 5.64. The normalized spacial score (nSPS) is 16.3. The molecule has 0 aromatic heterocycles. The molecule has 0 saturated carbocycles. The van der Waals surface area contributed by atoms with Crippen molar-refractivity contribution in [1.29, 1.82) is 0 Å². The summed E-state index contributed by atoms with van der Waals surface area (Å²) in [5, 5.41) is 9.56. The van der Waals surface area contributed by atoms with E-state index in [-0.39, 0.29) is 12.5 Å². The number of hydrogen-bond donors (Lipinski definition) is 1. The molecule has 0 radical (unpaired) electrons. The van der Waals surface area contributed by atoms with Crippen LogP contribution in [-0.4, -0.2) is 23.3 Å². The van der Waals surface area contributed by atoms with Crippen LogP contribution >= 0.6 is 11.8 Å². The number of nitrogens with zero attached hydrogens (tertiary/aromatic N) is 1. The van der Waals surface area contributed by atoms with E-state index in [1.54, 1.807) is 11.8 Å². The van der Waals surface area contributed by atoms with Gasteiger partial charge < -0.3 is 5.11 Å². The zero-order valence-electron chi connectivity index (χ0n) is 9.51. The van der Waals surface area contributed by atoms with Gasteiger partial charge in [-0.05, 0) is 24.6 Å². The van der Waals surface area contributed by atoms with Crippen molar-refractivity contribution in [1.82, 2.24) is 0 Å². The highest BCUT2D eigenvalue weighted by molar-refractivity contribution is 8.00. The minimum atomic E-state index is -0.546. The van der Waals surface area contributed by atoms with Crippen molar-refractivity contribution in [2.24, 2.45) is 0 Å². The fraction of sp³-hybridized carbons (Fsp3) is 0.308. The lowest BCUT2D eigenvalue weighted by atomic mass is 10.1. The predicted octanol–water partition coefficient (Wildman–Crippen LogP) is 1.81. The number of benzene rings is 1. The number of carbonyl (C=O) groups excluding carboxylic acids is 1.